The van der Waals surface area contributed by atoms with Crippen LogP contribution in [0.5, 0.6) is 0 Å². The zero-order chi connectivity index (χ0) is 75.4. The molecule has 0 aromatic heterocycles. The van der Waals surface area contributed by atoms with E-state index >= 15 is 0 Å². The summed E-state index contributed by atoms with van der Waals surface area (Å²) in [7, 11) is 1.17. The lowest BCUT2D eigenvalue weighted by molar-refractivity contribution is -0.870. The van der Waals surface area contributed by atoms with Crippen LogP contribution in [0.4, 0.5) is 0 Å². The zero-order valence-electron chi connectivity index (χ0n) is 68.2. The number of hydrogen-bond donors (Lipinski definition) is 0. The number of carbonyl (C=O) groups is 2. The highest BCUT2D eigenvalue weighted by atomic mass is 31.2. The lowest BCUT2D eigenvalue weighted by Gasteiger charge is -2.28. The first-order valence-corrected chi connectivity index (χ1v) is 44.7. The van der Waals surface area contributed by atoms with Gasteiger partial charge in [-0.3, -0.25) is 14.2 Å². The van der Waals surface area contributed by atoms with Crippen LogP contribution in [0, 0.1) is 0 Å². The molecule has 0 rings (SSSR count). The van der Waals surface area contributed by atoms with Gasteiger partial charge in [-0.1, -0.05) is 397 Å². The summed E-state index contributed by atoms with van der Waals surface area (Å²) in [5, 5.41) is 0. The van der Waals surface area contributed by atoms with Crippen molar-refractivity contribution in [1.82, 2.24) is 0 Å². The van der Waals surface area contributed by atoms with Crippen LogP contribution in [-0.2, 0) is 32.7 Å². The second-order valence-electron chi connectivity index (χ2n) is 29.8. The first kappa shape index (κ1) is 99.6. The van der Waals surface area contributed by atoms with Crippen LogP contribution in [0.2, 0.25) is 0 Å². The van der Waals surface area contributed by atoms with E-state index in [-0.39, 0.29) is 32.0 Å². The van der Waals surface area contributed by atoms with Gasteiger partial charge in [0.05, 0.1) is 27.7 Å². The van der Waals surface area contributed by atoms with Crippen LogP contribution < -0.4 is 4.89 Å². The van der Waals surface area contributed by atoms with Crippen molar-refractivity contribution in [3.05, 3.63) is 158 Å². The topological polar surface area (TPSA) is 111 Å². The highest BCUT2D eigenvalue weighted by Crippen LogP contribution is 2.38. The summed E-state index contributed by atoms with van der Waals surface area (Å²) in [6.07, 6.45) is 124. The molecule has 0 radical (unpaired) electrons. The maximum Gasteiger partial charge on any atom is 0.306 e. The number of phosphoric acid groups is 1. The predicted octanol–water partition coefficient (Wildman–Crippen LogP) is 28.8. The number of ether oxygens (including phenoxy) is 2. The standard InChI is InChI=1S/C94H162NO8P/c1-6-8-10-12-14-16-18-20-22-24-26-28-30-32-34-36-38-40-42-44-46-47-49-51-53-55-57-59-61-63-65-67-69-71-73-75-77-79-81-83-85-87-94(97)103-92(91-102-104(98,99)101-89-88-95(3,4)5)90-100-93(96)86-84-82-80-78-76-74-72-70-68-66-64-62-60-58-56-54-52-50-48-45-43-41-39-37-35-33-31-29-27-25-23-21-19-17-15-13-11-9-7-2/h8-11,14-17,20-23,26-29,32,34,38,40,44,46,49,51,55,57,92H,6-7,12-13,18-19,24-25,30-31,33,35-37,39,41-43,45,47-48,50,52-54,56,58-91H2,1-5H3/b10-8-,11-9-,16-14-,17-15-,22-20-,23-21-,28-26-,29-27-,34-32-,40-38-,46-44-,51-49-,57-55-. The van der Waals surface area contributed by atoms with Crippen molar-refractivity contribution in [1.29, 1.82) is 0 Å². The number of unbranched alkanes of at least 4 members (excludes halogenated alkanes) is 39. The minimum absolute atomic E-state index is 0.0345. The molecule has 0 aromatic carbocycles. The highest BCUT2D eigenvalue weighted by molar-refractivity contribution is 7.45. The maximum atomic E-state index is 12.9. The highest BCUT2D eigenvalue weighted by Gasteiger charge is 2.22. The SMILES string of the molecule is CC/C=C\C/C=C\C/C=C\C/C=C\C/C=C\C/C=C\C/C=C\C/C=C\C/C=C\CCCCCCCCCCCCCCCC(=O)OC(COC(=O)CCCCCCCCCCCCCCCCCCCCCCCCCCCC/C=C\C/C=C\C/C=C\C/C=C\CC)COP(=O)([O-])OCC[N+](C)(C)C. The monoisotopic (exact) mass is 1460 g/mol. The molecule has 0 aliphatic rings. The van der Waals surface area contributed by atoms with Gasteiger partial charge < -0.3 is 27.9 Å². The van der Waals surface area contributed by atoms with Crippen molar-refractivity contribution in [3.63, 3.8) is 0 Å². The van der Waals surface area contributed by atoms with Gasteiger partial charge in [0.25, 0.3) is 7.82 Å². The van der Waals surface area contributed by atoms with Crippen molar-refractivity contribution >= 4 is 19.8 Å². The molecule has 0 spiro atoms. The zero-order valence-corrected chi connectivity index (χ0v) is 69.1. The fraction of sp³-hybridized carbons (Fsp3) is 0.702. The summed E-state index contributed by atoms with van der Waals surface area (Å²) in [4.78, 5) is 38.3. The van der Waals surface area contributed by atoms with E-state index in [1.165, 1.54) is 218 Å². The van der Waals surface area contributed by atoms with Gasteiger partial charge in [0, 0.05) is 12.8 Å². The van der Waals surface area contributed by atoms with Gasteiger partial charge in [-0.05, 0) is 122 Å². The number of carbonyl (C=O) groups excluding carboxylic acids is 2. The summed E-state index contributed by atoms with van der Waals surface area (Å²) < 4.78 is 34.5. The van der Waals surface area contributed by atoms with Gasteiger partial charge in [0.15, 0.2) is 6.10 Å². The third kappa shape index (κ3) is 86.5. The number of esters is 2. The molecular weight excluding hydrogens is 1300 g/mol. The molecule has 9 nitrogen and oxygen atoms in total. The van der Waals surface area contributed by atoms with Gasteiger partial charge in [-0.2, -0.15) is 0 Å². The second-order valence-corrected chi connectivity index (χ2v) is 31.2. The average Bonchev–Trinajstić information content (AvgIpc) is 0.920. The Morgan fingerprint density at radius 1 is 0.298 bits per heavy atom. The van der Waals surface area contributed by atoms with Gasteiger partial charge >= 0.3 is 11.9 Å². The van der Waals surface area contributed by atoms with E-state index in [0.29, 0.717) is 17.4 Å². The maximum absolute atomic E-state index is 12.9. The van der Waals surface area contributed by atoms with Crippen LogP contribution >= 0.6 is 7.82 Å². The number of allylic oxidation sites excluding steroid dienone is 26. The average molecular weight is 1470 g/mol. The van der Waals surface area contributed by atoms with E-state index in [4.69, 9.17) is 18.5 Å². The second kappa shape index (κ2) is 82.7. The Morgan fingerprint density at radius 3 is 0.769 bits per heavy atom. The third-order valence-corrected chi connectivity index (χ3v) is 19.5. The summed E-state index contributed by atoms with van der Waals surface area (Å²) in [6, 6.07) is 0. The van der Waals surface area contributed by atoms with Crippen LogP contribution in [-0.4, -0.2) is 70.0 Å². The molecule has 0 aliphatic carbocycles. The molecule has 104 heavy (non-hydrogen) atoms. The molecule has 2 atom stereocenters. The van der Waals surface area contributed by atoms with Crippen LogP contribution in [0.1, 0.15) is 373 Å². The van der Waals surface area contributed by atoms with E-state index in [9.17, 15) is 19.0 Å². The van der Waals surface area contributed by atoms with E-state index in [1.54, 1.807) is 0 Å². The lowest BCUT2D eigenvalue weighted by atomic mass is 10.0. The fourth-order valence-electron chi connectivity index (χ4n) is 12.1. The van der Waals surface area contributed by atoms with Crippen molar-refractivity contribution in [2.75, 3.05) is 47.5 Å². The summed E-state index contributed by atoms with van der Waals surface area (Å²) in [5.41, 5.74) is 0. The Morgan fingerprint density at radius 2 is 0.519 bits per heavy atom. The van der Waals surface area contributed by atoms with E-state index in [0.717, 1.165) is 122 Å². The summed E-state index contributed by atoms with van der Waals surface area (Å²) >= 11 is 0. The smallest absolute Gasteiger partial charge is 0.306 e. The van der Waals surface area contributed by atoms with Crippen LogP contribution in [0.15, 0.2) is 158 Å². The number of likely N-dealkylation sites (N-methyl/N-ethyl adjacent to an activating group) is 1. The molecule has 596 valence electrons. The Hall–Kier alpha value is -4.37. The van der Waals surface area contributed by atoms with Crippen LogP contribution in [0.3, 0.4) is 0 Å². The van der Waals surface area contributed by atoms with Gasteiger partial charge in [-0.15, -0.1) is 0 Å². The molecule has 0 amide bonds. The third-order valence-electron chi connectivity index (χ3n) is 18.5. The number of hydrogen-bond acceptors (Lipinski definition) is 8. The molecule has 0 N–H and O–H groups in total. The molecular formula is C94H162NO8P. The molecule has 0 fully saturated rings. The first-order chi connectivity index (χ1) is 51.0. The molecule has 0 aliphatic heterocycles. The van der Waals surface area contributed by atoms with E-state index < -0.39 is 26.5 Å². The van der Waals surface area contributed by atoms with Crippen molar-refractivity contribution in [3.8, 4) is 0 Å². The quantitative estimate of drug-likeness (QED) is 0.0195. The molecule has 0 aromatic rings. The van der Waals surface area contributed by atoms with Gasteiger partial charge in [0.2, 0.25) is 0 Å². The Bertz CT molecular complexity index is 2320. The number of nitrogens with zero attached hydrogens (tertiary/aromatic N) is 1. The first-order valence-electron chi connectivity index (χ1n) is 43.2. The molecule has 10 heteroatoms. The molecule has 0 heterocycles. The van der Waals surface area contributed by atoms with Gasteiger partial charge in [0.1, 0.15) is 19.8 Å². The molecule has 0 saturated heterocycles. The number of phosphoric ester groups is 1. The minimum Gasteiger partial charge on any atom is -0.756 e. The van der Waals surface area contributed by atoms with Crippen molar-refractivity contribution < 1.29 is 42.1 Å². The van der Waals surface area contributed by atoms with Crippen molar-refractivity contribution in [2.24, 2.45) is 0 Å². The van der Waals surface area contributed by atoms with Crippen molar-refractivity contribution in [2.45, 2.75) is 380 Å². The van der Waals surface area contributed by atoms with Gasteiger partial charge in [-0.25, -0.2) is 0 Å². The fourth-order valence-corrected chi connectivity index (χ4v) is 12.8. The Kier molecular flexibility index (Phi) is 79.2. The lowest BCUT2D eigenvalue weighted by Crippen LogP contribution is -2.37. The molecule has 2 unspecified atom stereocenters. The largest absolute Gasteiger partial charge is 0.756 e. The number of quaternary nitrogens is 1. The number of rotatable bonds is 79. The summed E-state index contributed by atoms with van der Waals surface area (Å²) in [6.45, 7) is 4.05. The van der Waals surface area contributed by atoms with Crippen LogP contribution in [0.25, 0.3) is 0 Å². The molecule has 0 saturated carbocycles. The van der Waals surface area contributed by atoms with E-state index in [1.807, 2.05) is 21.1 Å². The summed E-state index contributed by atoms with van der Waals surface area (Å²) in [5.74, 6) is -0.825. The normalized spacial score (nSPS) is 13.8. The van der Waals surface area contributed by atoms with E-state index in [2.05, 4.69) is 172 Å². The minimum atomic E-state index is -4.65. The predicted molar refractivity (Wildman–Crippen MR) is 452 cm³/mol. The Labute approximate surface area is 643 Å². The molecule has 0 bridgehead atoms. The Balaban J connectivity index is 3.94.